The van der Waals surface area contributed by atoms with Crippen LogP contribution in [-0.2, 0) is 11.2 Å². The van der Waals surface area contributed by atoms with Gasteiger partial charge >= 0.3 is 0 Å². The molecule has 3 heterocycles. The summed E-state index contributed by atoms with van der Waals surface area (Å²) in [6.45, 7) is 1.99. The third-order valence-corrected chi connectivity index (χ3v) is 7.65. The van der Waals surface area contributed by atoms with E-state index in [9.17, 15) is 9.59 Å². The lowest BCUT2D eigenvalue weighted by Gasteiger charge is -2.13. The Hall–Kier alpha value is -1.77. The highest BCUT2D eigenvalue weighted by atomic mass is 32.2. The van der Waals surface area contributed by atoms with Crippen molar-refractivity contribution in [3.63, 3.8) is 0 Å². The minimum Gasteiger partial charge on any atom is -0.369 e. The van der Waals surface area contributed by atoms with Gasteiger partial charge in [0.2, 0.25) is 5.91 Å². The predicted octanol–water partition coefficient (Wildman–Crippen LogP) is 3.37. The number of rotatable bonds is 4. The summed E-state index contributed by atoms with van der Waals surface area (Å²) in [5.41, 5.74) is 8.20. The van der Waals surface area contributed by atoms with Gasteiger partial charge in [-0.25, -0.2) is 4.98 Å². The second-order valence-electron chi connectivity index (χ2n) is 6.13. The summed E-state index contributed by atoms with van der Waals surface area (Å²) in [5, 5.41) is 1.23. The number of carbonyl (C=O) groups is 1. The Morgan fingerprint density at radius 2 is 2.27 bits per heavy atom. The molecule has 0 atom stereocenters. The van der Waals surface area contributed by atoms with E-state index in [4.69, 9.17) is 10.7 Å². The number of thiophene rings is 1. The Labute approximate surface area is 163 Å². The van der Waals surface area contributed by atoms with Crippen LogP contribution in [0.15, 0.2) is 38.4 Å². The number of carbonyl (C=O) groups excluding carboxylic acids is 1. The number of amides is 1. The Balaban J connectivity index is 1.99. The number of aryl methyl sites for hydroxylation is 2. The van der Waals surface area contributed by atoms with Crippen LogP contribution in [0.2, 0.25) is 0 Å². The standard InChI is InChI=1S/C18H17N3O2S3/c1-10-4-2-5-11(8-10)21-16(23)14-12-6-3-7-24-17(12)26-15(14)20-18(21)25-9-13(19)22/h2,4-5,8H,3,6-7,9H2,1H3,(H2,19,22). The van der Waals surface area contributed by atoms with Crippen molar-refractivity contribution in [2.24, 2.45) is 5.73 Å². The van der Waals surface area contributed by atoms with Crippen LogP contribution < -0.4 is 11.3 Å². The molecule has 1 aliphatic heterocycles. The van der Waals surface area contributed by atoms with E-state index in [1.165, 1.54) is 16.0 Å². The molecular formula is C18H17N3O2S3. The predicted molar refractivity (Wildman–Crippen MR) is 109 cm³/mol. The summed E-state index contributed by atoms with van der Waals surface area (Å²) >= 11 is 4.59. The van der Waals surface area contributed by atoms with E-state index in [0.29, 0.717) is 5.16 Å². The molecule has 0 saturated heterocycles. The van der Waals surface area contributed by atoms with E-state index in [1.54, 1.807) is 27.7 Å². The van der Waals surface area contributed by atoms with Crippen LogP contribution in [0.5, 0.6) is 0 Å². The van der Waals surface area contributed by atoms with Crippen molar-refractivity contribution in [3.8, 4) is 5.69 Å². The summed E-state index contributed by atoms with van der Waals surface area (Å²) in [4.78, 5) is 30.2. The zero-order valence-corrected chi connectivity index (χ0v) is 16.6. The molecule has 1 aromatic carbocycles. The van der Waals surface area contributed by atoms with Crippen molar-refractivity contribution in [2.45, 2.75) is 29.1 Å². The average Bonchev–Trinajstić information content (AvgIpc) is 2.98. The Bertz CT molecular complexity index is 1070. The molecule has 1 amide bonds. The molecule has 0 fully saturated rings. The lowest BCUT2D eigenvalue weighted by atomic mass is 10.1. The van der Waals surface area contributed by atoms with Gasteiger partial charge < -0.3 is 5.73 Å². The fraction of sp³-hybridized carbons (Fsp3) is 0.278. The van der Waals surface area contributed by atoms with Gasteiger partial charge in [0.15, 0.2) is 5.16 Å². The van der Waals surface area contributed by atoms with Gasteiger partial charge in [-0.1, -0.05) is 23.9 Å². The number of primary amides is 1. The van der Waals surface area contributed by atoms with E-state index in [0.717, 1.165) is 45.6 Å². The largest absolute Gasteiger partial charge is 0.369 e. The number of hydrogen-bond acceptors (Lipinski definition) is 6. The molecule has 26 heavy (non-hydrogen) atoms. The molecule has 5 nitrogen and oxygen atoms in total. The molecule has 0 radical (unpaired) electrons. The average molecular weight is 404 g/mol. The minimum absolute atomic E-state index is 0.0624. The number of aromatic nitrogens is 2. The van der Waals surface area contributed by atoms with Gasteiger partial charge in [0, 0.05) is 0 Å². The van der Waals surface area contributed by atoms with Gasteiger partial charge in [-0.05, 0) is 48.8 Å². The van der Waals surface area contributed by atoms with Crippen molar-refractivity contribution >= 4 is 51.0 Å². The number of fused-ring (bicyclic) bond motifs is 3. The minimum atomic E-state index is -0.429. The van der Waals surface area contributed by atoms with Gasteiger partial charge in [0.1, 0.15) is 4.83 Å². The molecule has 4 rings (SSSR count). The molecular weight excluding hydrogens is 386 g/mol. The van der Waals surface area contributed by atoms with Crippen LogP contribution >= 0.6 is 34.9 Å². The van der Waals surface area contributed by atoms with Crippen molar-refractivity contribution in [3.05, 3.63) is 45.7 Å². The van der Waals surface area contributed by atoms with E-state index >= 15 is 0 Å². The van der Waals surface area contributed by atoms with Crippen molar-refractivity contribution < 1.29 is 4.79 Å². The molecule has 0 spiro atoms. The molecule has 8 heteroatoms. The van der Waals surface area contributed by atoms with Crippen LogP contribution in [0.25, 0.3) is 15.9 Å². The summed E-state index contributed by atoms with van der Waals surface area (Å²) in [6, 6.07) is 7.75. The van der Waals surface area contributed by atoms with Crippen molar-refractivity contribution in [1.82, 2.24) is 9.55 Å². The summed E-state index contributed by atoms with van der Waals surface area (Å²) in [7, 11) is 0. The van der Waals surface area contributed by atoms with Gasteiger partial charge in [-0.3, -0.25) is 14.2 Å². The Morgan fingerprint density at radius 1 is 1.42 bits per heavy atom. The van der Waals surface area contributed by atoms with Crippen LogP contribution in [-0.4, -0.2) is 27.0 Å². The topological polar surface area (TPSA) is 78.0 Å². The summed E-state index contributed by atoms with van der Waals surface area (Å²) < 4.78 is 2.82. The van der Waals surface area contributed by atoms with E-state index in [-0.39, 0.29) is 11.3 Å². The van der Waals surface area contributed by atoms with Gasteiger partial charge in [-0.2, -0.15) is 0 Å². The van der Waals surface area contributed by atoms with E-state index < -0.39 is 5.91 Å². The highest BCUT2D eigenvalue weighted by Crippen LogP contribution is 2.40. The van der Waals surface area contributed by atoms with Gasteiger partial charge in [0.25, 0.3) is 5.56 Å². The molecule has 0 saturated carbocycles. The van der Waals surface area contributed by atoms with Crippen molar-refractivity contribution in [1.29, 1.82) is 0 Å². The summed E-state index contributed by atoms with van der Waals surface area (Å²) in [6.07, 6.45) is 1.99. The van der Waals surface area contributed by atoms with E-state index in [2.05, 4.69) is 0 Å². The van der Waals surface area contributed by atoms with Crippen LogP contribution in [0.3, 0.4) is 0 Å². The number of nitrogens with two attached hydrogens (primary N) is 1. The first kappa shape index (κ1) is 17.6. The third kappa shape index (κ3) is 3.17. The molecule has 0 unspecified atom stereocenters. The third-order valence-electron chi connectivity index (χ3n) is 4.16. The highest BCUT2D eigenvalue weighted by Gasteiger charge is 2.23. The fourth-order valence-corrected chi connectivity index (χ4v) is 6.38. The Kier molecular flexibility index (Phi) is 4.81. The molecule has 0 bridgehead atoms. The fourth-order valence-electron chi connectivity index (χ4n) is 3.05. The molecule has 134 valence electrons. The molecule has 2 aromatic heterocycles. The first-order valence-corrected chi connectivity index (χ1v) is 11.0. The zero-order chi connectivity index (χ0) is 18.3. The van der Waals surface area contributed by atoms with Gasteiger partial charge in [0.05, 0.1) is 21.0 Å². The number of hydrogen-bond donors (Lipinski definition) is 1. The molecule has 3 aromatic rings. The van der Waals surface area contributed by atoms with Crippen LogP contribution in [0.4, 0.5) is 0 Å². The number of nitrogens with zero attached hydrogens (tertiary/aromatic N) is 2. The SMILES string of the molecule is Cc1cccc(-n2c(SCC(N)=O)nc3sc4c(c3c2=O)CCCS4)c1. The van der Waals surface area contributed by atoms with Crippen LogP contribution in [0, 0.1) is 6.92 Å². The van der Waals surface area contributed by atoms with Crippen molar-refractivity contribution in [2.75, 3.05) is 11.5 Å². The first-order chi connectivity index (χ1) is 12.5. The maximum Gasteiger partial charge on any atom is 0.267 e. The quantitative estimate of drug-likeness (QED) is 0.534. The second kappa shape index (κ2) is 7.09. The second-order valence-corrected chi connectivity index (χ2v) is 9.43. The number of benzene rings is 1. The smallest absolute Gasteiger partial charge is 0.267 e. The summed E-state index contributed by atoms with van der Waals surface area (Å²) in [5.74, 6) is 0.736. The number of thioether (sulfide) groups is 2. The van der Waals surface area contributed by atoms with E-state index in [1.807, 2.05) is 31.2 Å². The monoisotopic (exact) mass is 403 g/mol. The Morgan fingerprint density at radius 3 is 3.04 bits per heavy atom. The normalized spacial score (nSPS) is 13.7. The lowest BCUT2D eigenvalue weighted by Crippen LogP contribution is -2.23. The van der Waals surface area contributed by atoms with Gasteiger partial charge in [-0.15, -0.1) is 23.1 Å². The highest BCUT2D eigenvalue weighted by molar-refractivity contribution is 8.01. The van der Waals surface area contributed by atoms with Crippen LogP contribution in [0.1, 0.15) is 17.5 Å². The molecule has 1 aliphatic rings. The zero-order valence-electron chi connectivity index (χ0n) is 14.2. The lowest BCUT2D eigenvalue weighted by molar-refractivity contribution is -0.115. The maximum absolute atomic E-state index is 13.4. The maximum atomic E-state index is 13.4. The molecule has 2 N–H and O–H groups in total. The molecule has 0 aliphatic carbocycles. The first-order valence-electron chi connectivity index (χ1n) is 8.24.